The average molecular weight is 468 g/mol. The number of aromatic nitrogens is 2. The summed E-state index contributed by atoms with van der Waals surface area (Å²) in [4.78, 5) is 12.3. The van der Waals surface area contributed by atoms with E-state index in [9.17, 15) is 9.18 Å². The standard InChI is InChI=1S/C18H15BrFN3O2S2/c1-25-16-7-4-12(8-14(16)19)15(24)9-21-17-22-23-18(27-17)26-10-11-2-5-13(20)6-3-11/h2-8H,9-10H2,1H3,(H,21,22). The summed E-state index contributed by atoms with van der Waals surface area (Å²) in [6, 6.07) is 11.6. The predicted octanol–water partition coefficient (Wildman–Crippen LogP) is 5.04. The zero-order valence-corrected chi connectivity index (χ0v) is 17.5. The first-order valence-corrected chi connectivity index (χ1v) is 10.5. The normalized spacial score (nSPS) is 10.6. The van der Waals surface area contributed by atoms with E-state index in [2.05, 4.69) is 31.4 Å². The number of ketones is 1. The SMILES string of the molecule is COc1ccc(C(=O)CNc2nnc(SCc3ccc(F)cc3)s2)cc1Br. The van der Waals surface area contributed by atoms with Crippen molar-refractivity contribution in [2.24, 2.45) is 0 Å². The summed E-state index contributed by atoms with van der Waals surface area (Å²) in [6.45, 7) is 0.121. The van der Waals surface area contributed by atoms with Gasteiger partial charge in [-0.2, -0.15) is 0 Å². The lowest BCUT2D eigenvalue weighted by atomic mass is 10.1. The number of benzene rings is 2. The third kappa shape index (κ3) is 5.50. The van der Waals surface area contributed by atoms with Crippen molar-refractivity contribution in [3.05, 3.63) is 63.9 Å². The second-order valence-corrected chi connectivity index (χ2v) is 8.47. The quantitative estimate of drug-likeness (QED) is 0.370. The largest absolute Gasteiger partial charge is 0.496 e. The van der Waals surface area contributed by atoms with E-state index in [1.165, 1.54) is 35.2 Å². The number of hydrogen-bond acceptors (Lipinski definition) is 7. The molecule has 3 rings (SSSR count). The van der Waals surface area contributed by atoms with Crippen LogP contribution in [0.3, 0.4) is 0 Å². The molecular weight excluding hydrogens is 453 g/mol. The van der Waals surface area contributed by atoms with E-state index >= 15 is 0 Å². The van der Waals surface area contributed by atoms with Gasteiger partial charge in [-0.1, -0.05) is 35.2 Å². The van der Waals surface area contributed by atoms with Crippen molar-refractivity contribution >= 4 is 49.9 Å². The number of carbonyl (C=O) groups excluding carboxylic acids is 1. The Balaban J connectivity index is 1.52. The molecule has 0 aliphatic carbocycles. The number of carbonyl (C=O) groups is 1. The summed E-state index contributed by atoms with van der Waals surface area (Å²) in [7, 11) is 1.57. The summed E-state index contributed by atoms with van der Waals surface area (Å²) < 4.78 is 19.6. The molecule has 2 aromatic carbocycles. The van der Waals surface area contributed by atoms with E-state index < -0.39 is 0 Å². The van der Waals surface area contributed by atoms with Gasteiger partial charge in [0.15, 0.2) is 10.1 Å². The Hall–Kier alpha value is -1.97. The molecule has 140 valence electrons. The Labute approximate surface area is 172 Å². The molecule has 0 unspecified atom stereocenters. The lowest BCUT2D eigenvalue weighted by Crippen LogP contribution is -2.13. The van der Waals surface area contributed by atoms with Gasteiger partial charge >= 0.3 is 0 Å². The number of nitrogens with one attached hydrogen (secondary N) is 1. The summed E-state index contributed by atoms with van der Waals surface area (Å²) >= 11 is 6.26. The molecule has 0 saturated carbocycles. The van der Waals surface area contributed by atoms with Crippen LogP contribution in [0.2, 0.25) is 0 Å². The van der Waals surface area contributed by atoms with Gasteiger partial charge in [-0.3, -0.25) is 4.79 Å². The summed E-state index contributed by atoms with van der Waals surface area (Å²) in [5.74, 6) is 1.04. The number of Topliss-reactive ketones (excluding diaryl/α,β-unsaturated/α-hetero) is 1. The van der Waals surface area contributed by atoms with Crippen LogP contribution in [-0.4, -0.2) is 29.6 Å². The number of hydrogen-bond donors (Lipinski definition) is 1. The lowest BCUT2D eigenvalue weighted by Gasteiger charge is -2.06. The van der Waals surface area contributed by atoms with Crippen molar-refractivity contribution in [1.29, 1.82) is 0 Å². The van der Waals surface area contributed by atoms with Crippen molar-refractivity contribution in [2.45, 2.75) is 10.1 Å². The van der Waals surface area contributed by atoms with Gasteiger partial charge in [0.25, 0.3) is 0 Å². The highest BCUT2D eigenvalue weighted by atomic mass is 79.9. The number of halogens is 2. The van der Waals surface area contributed by atoms with Crippen molar-refractivity contribution < 1.29 is 13.9 Å². The molecular formula is C18H15BrFN3O2S2. The molecule has 0 radical (unpaired) electrons. The van der Waals surface area contributed by atoms with Crippen LogP contribution in [0.1, 0.15) is 15.9 Å². The maximum absolute atomic E-state index is 12.9. The minimum Gasteiger partial charge on any atom is -0.496 e. The minimum atomic E-state index is -0.250. The van der Waals surface area contributed by atoms with E-state index in [0.717, 1.165) is 14.4 Å². The second kappa shape index (κ2) is 9.29. The summed E-state index contributed by atoms with van der Waals surface area (Å²) in [6.07, 6.45) is 0. The molecule has 0 atom stereocenters. The lowest BCUT2D eigenvalue weighted by molar-refractivity contribution is 0.101. The molecule has 0 bridgehead atoms. The second-order valence-electron chi connectivity index (χ2n) is 5.41. The summed E-state index contributed by atoms with van der Waals surface area (Å²) in [5.41, 5.74) is 1.58. The fourth-order valence-electron chi connectivity index (χ4n) is 2.16. The zero-order valence-electron chi connectivity index (χ0n) is 14.2. The molecule has 0 aliphatic heterocycles. The number of rotatable bonds is 8. The smallest absolute Gasteiger partial charge is 0.206 e. The van der Waals surface area contributed by atoms with Gasteiger partial charge in [0.05, 0.1) is 18.1 Å². The molecule has 5 nitrogen and oxygen atoms in total. The van der Waals surface area contributed by atoms with Gasteiger partial charge in [-0.05, 0) is 51.8 Å². The van der Waals surface area contributed by atoms with Gasteiger partial charge in [0, 0.05) is 11.3 Å². The van der Waals surface area contributed by atoms with E-state index in [1.54, 1.807) is 37.4 Å². The van der Waals surface area contributed by atoms with E-state index in [0.29, 0.717) is 22.2 Å². The zero-order chi connectivity index (χ0) is 19.2. The van der Waals surface area contributed by atoms with Crippen LogP contribution >= 0.6 is 39.0 Å². The Bertz CT molecular complexity index is 935. The van der Waals surface area contributed by atoms with Crippen LogP contribution in [-0.2, 0) is 5.75 Å². The summed E-state index contributed by atoms with van der Waals surface area (Å²) in [5, 5.41) is 11.7. The fourth-order valence-corrected chi connectivity index (χ4v) is 4.41. The monoisotopic (exact) mass is 467 g/mol. The maximum Gasteiger partial charge on any atom is 0.206 e. The minimum absolute atomic E-state index is 0.0610. The maximum atomic E-state index is 12.9. The molecule has 27 heavy (non-hydrogen) atoms. The topological polar surface area (TPSA) is 64.1 Å². The third-order valence-electron chi connectivity index (χ3n) is 3.56. The Morgan fingerprint density at radius 3 is 2.74 bits per heavy atom. The van der Waals surface area contributed by atoms with Crippen molar-refractivity contribution in [3.8, 4) is 5.75 Å². The Kier molecular flexibility index (Phi) is 6.81. The first-order valence-electron chi connectivity index (χ1n) is 7.86. The first-order chi connectivity index (χ1) is 13.0. The Morgan fingerprint density at radius 2 is 2.04 bits per heavy atom. The highest BCUT2D eigenvalue weighted by Crippen LogP contribution is 2.29. The molecule has 0 saturated heterocycles. The van der Waals surface area contributed by atoms with Gasteiger partial charge in [-0.15, -0.1) is 10.2 Å². The van der Waals surface area contributed by atoms with E-state index in [-0.39, 0.29) is 18.1 Å². The molecule has 3 aromatic rings. The molecule has 9 heteroatoms. The van der Waals surface area contributed by atoms with Crippen LogP contribution in [0.4, 0.5) is 9.52 Å². The van der Waals surface area contributed by atoms with Crippen LogP contribution < -0.4 is 10.1 Å². The van der Waals surface area contributed by atoms with Gasteiger partial charge in [0.1, 0.15) is 11.6 Å². The van der Waals surface area contributed by atoms with Crippen molar-refractivity contribution in [3.63, 3.8) is 0 Å². The van der Waals surface area contributed by atoms with Crippen LogP contribution in [0.15, 0.2) is 51.3 Å². The van der Waals surface area contributed by atoms with E-state index in [1.807, 2.05) is 0 Å². The highest BCUT2D eigenvalue weighted by Gasteiger charge is 2.11. The predicted molar refractivity (Wildman–Crippen MR) is 109 cm³/mol. The number of thioether (sulfide) groups is 1. The van der Waals surface area contributed by atoms with E-state index in [4.69, 9.17) is 4.74 Å². The van der Waals surface area contributed by atoms with Crippen molar-refractivity contribution in [1.82, 2.24) is 10.2 Å². The third-order valence-corrected chi connectivity index (χ3v) is 6.26. The first kappa shape index (κ1) is 19.8. The van der Waals surface area contributed by atoms with Gasteiger partial charge in [-0.25, -0.2) is 4.39 Å². The molecule has 1 aromatic heterocycles. The fraction of sp³-hybridized carbons (Fsp3) is 0.167. The molecule has 0 amide bonds. The van der Waals surface area contributed by atoms with Gasteiger partial charge < -0.3 is 10.1 Å². The number of anilines is 1. The molecule has 0 aliphatic rings. The number of methoxy groups -OCH3 is 1. The van der Waals surface area contributed by atoms with Crippen LogP contribution in [0.5, 0.6) is 5.75 Å². The molecule has 0 spiro atoms. The highest BCUT2D eigenvalue weighted by molar-refractivity contribution is 9.10. The van der Waals surface area contributed by atoms with Crippen LogP contribution in [0.25, 0.3) is 0 Å². The van der Waals surface area contributed by atoms with Crippen molar-refractivity contribution in [2.75, 3.05) is 19.0 Å². The molecule has 0 fully saturated rings. The van der Waals surface area contributed by atoms with Gasteiger partial charge in [0.2, 0.25) is 5.13 Å². The molecule has 1 heterocycles. The number of ether oxygens (including phenoxy) is 1. The molecule has 1 N–H and O–H groups in total. The van der Waals surface area contributed by atoms with Crippen LogP contribution in [0, 0.1) is 5.82 Å². The average Bonchev–Trinajstić information content (AvgIpc) is 3.13. The number of nitrogens with zero attached hydrogens (tertiary/aromatic N) is 2. The Morgan fingerprint density at radius 1 is 1.26 bits per heavy atom.